The quantitative estimate of drug-likeness (QED) is 0.550. The van der Waals surface area contributed by atoms with Crippen molar-refractivity contribution in [3.63, 3.8) is 0 Å². The number of hydrogen-bond acceptors (Lipinski definition) is 4. The molecule has 7 heteroatoms. The van der Waals surface area contributed by atoms with Crippen LogP contribution in [0.1, 0.15) is 24.2 Å². The Morgan fingerprint density at radius 1 is 1.15 bits per heavy atom. The molecule has 0 aliphatic heterocycles. The summed E-state index contributed by atoms with van der Waals surface area (Å²) in [5.41, 5.74) is 1.11. The molecule has 0 saturated heterocycles. The van der Waals surface area contributed by atoms with Gasteiger partial charge in [0.25, 0.3) is 5.91 Å². The molecule has 0 N–H and O–H groups in total. The van der Waals surface area contributed by atoms with Crippen molar-refractivity contribution in [2.24, 2.45) is 0 Å². The standard InChI is InChI=1S/C20H21ClFN3OS/c1-3-24(4-2)11-12-25(19(26)15-7-5-6-8-16(15)21)20-23-17-10-9-14(22)13-18(17)27-20/h5-10,13H,3-4,11-12H2,1-2H3. The van der Waals surface area contributed by atoms with Gasteiger partial charge in [-0.25, -0.2) is 9.37 Å². The van der Waals surface area contributed by atoms with E-state index in [0.29, 0.717) is 39.0 Å². The lowest BCUT2D eigenvalue weighted by Crippen LogP contribution is -2.39. The summed E-state index contributed by atoms with van der Waals surface area (Å²) in [5.74, 6) is -0.517. The van der Waals surface area contributed by atoms with Crippen LogP contribution in [0.25, 0.3) is 10.2 Å². The van der Waals surface area contributed by atoms with E-state index in [1.54, 1.807) is 35.2 Å². The highest BCUT2D eigenvalue weighted by atomic mass is 35.5. The monoisotopic (exact) mass is 405 g/mol. The first-order chi connectivity index (χ1) is 13.0. The fraction of sp³-hybridized carbons (Fsp3) is 0.300. The van der Waals surface area contributed by atoms with E-state index < -0.39 is 0 Å². The van der Waals surface area contributed by atoms with Crippen molar-refractivity contribution in [1.82, 2.24) is 9.88 Å². The van der Waals surface area contributed by atoms with E-state index in [1.165, 1.54) is 23.5 Å². The number of likely N-dealkylation sites (N-methyl/N-ethyl adjacent to an activating group) is 1. The third-order valence-electron chi connectivity index (χ3n) is 4.45. The molecule has 3 aromatic rings. The highest BCUT2D eigenvalue weighted by molar-refractivity contribution is 7.22. The Morgan fingerprint density at radius 3 is 2.59 bits per heavy atom. The smallest absolute Gasteiger partial charge is 0.261 e. The maximum Gasteiger partial charge on any atom is 0.261 e. The summed E-state index contributed by atoms with van der Waals surface area (Å²) in [5, 5.41) is 0.954. The number of fused-ring (bicyclic) bond motifs is 1. The molecule has 0 atom stereocenters. The van der Waals surface area contributed by atoms with Gasteiger partial charge in [-0.05, 0) is 43.4 Å². The summed E-state index contributed by atoms with van der Waals surface area (Å²) in [7, 11) is 0. The summed E-state index contributed by atoms with van der Waals surface area (Å²) in [6, 6.07) is 11.4. The van der Waals surface area contributed by atoms with E-state index in [0.717, 1.165) is 13.1 Å². The van der Waals surface area contributed by atoms with Crippen molar-refractivity contribution in [2.45, 2.75) is 13.8 Å². The van der Waals surface area contributed by atoms with Gasteiger partial charge in [0.05, 0.1) is 20.8 Å². The van der Waals surface area contributed by atoms with E-state index in [9.17, 15) is 9.18 Å². The average molecular weight is 406 g/mol. The number of carbonyl (C=O) groups is 1. The molecule has 0 unspecified atom stereocenters. The van der Waals surface area contributed by atoms with Gasteiger partial charge in [0.1, 0.15) is 5.82 Å². The Morgan fingerprint density at radius 2 is 1.89 bits per heavy atom. The molecule has 1 amide bonds. The molecular formula is C20H21ClFN3OS. The molecule has 4 nitrogen and oxygen atoms in total. The second-order valence-corrected chi connectivity index (χ2v) is 7.49. The largest absolute Gasteiger partial charge is 0.302 e. The van der Waals surface area contributed by atoms with Crippen molar-refractivity contribution in [1.29, 1.82) is 0 Å². The van der Waals surface area contributed by atoms with Gasteiger partial charge in [-0.2, -0.15) is 0 Å². The number of aromatic nitrogens is 1. The van der Waals surface area contributed by atoms with Gasteiger partial charge in [0.15, 0.2) is 5.13 Å². The van der Waals surface area contributed by atoms with Crippen LogP contribution in [0.15, 0.2) is 42.5 Å². The first-order valence-corrected chi connectivity index (χ1v) is 10.1. The normalized spacial score (nSPS) is 11.3. The van der Waals surface area contributed by atoms with E-state index >= 15 is 0 Å². The number of thiazole rings is 1. The first kappa shape index (κ1) is 19.7. The summed E-state index contributed by atoms with van der Waals surface area (Å²) in [4.78, 5) is 21.6. The predicted octanol–water partition coefficient (Wildman–Crippen LogP) is 5.08. The molecule has 27 heavy (non-hydrogen) atoms. The zero-order valence-corrected chi connectivity index (χ0v) is 16.9. The van der Waals surface area contributed by atoms with Crippen molar-refractivity contribution < 1.29 is 9.18 Å². The lowest BCUT2D eigenvalue weighted by Gasteiger charge is -2.25. The molecule has 0 fully saturated rings. The van der Waals surface area contributed by atoms with Crippen LogP contribution < -0.4 is 4.90 Å². The number of halogens is 2. The second-order valence-electron chi connectivity index (χ2n) is 6.07. The third-order valence-corrected chi connectivity index (χ3v) is 5.82. The van der Waals surface area contributed by atoms with E-state index in [2.05, 4.69) is 23.7 Å². The third kappa shape index (κ3) is 4.46. The van der Waals surface area contributed by atoms with Crippen LogP contribution in [0.5, 0.6) is 0 Å². The van der Waals surface area contributed by atoms with Crippen molar-refractivity contribution in [3.05, 3.63) is 58.9 Å². The maximum absolute atomic E-state index is 13.5. The highest BCUT2D eigenvalue weighted by Gasteiger charge is 2.23. The molecule has 2 aromatic carbocycles. The Kier molecular flexibility index (Phi) is 6.42. The number of rotatable bonds is 7. The Labute approximate surface area is 167 Å². The number of nitrogens with zero attached hydrogens (tertiary/aromatic N) is 3. The van der Waals surface area contributed by atoms with Crippen LogP contribution in [-0.2, 0) is 0 Å². The number of hydrogen-bond donors (Lipinski definition) is 0. The van der Waals surface area contributed by atoms with Crippen LogP contribution in [0.2, 0.25) is 5.02 Å². The molecule has 0 saturated carbocycles. The molecule has 0 radical (unpaired) electrons. The molecule has 1 aromatic heterocycles. The van der Waals surface area contributed by atoms with Crippen molar-refractivity contribution in [2.75, 3.05) is 31.1 Å². The van der Waals surface area contributed by atoms with Crippen molar-refractivity contribution >= 4 is 44.2 Å². The molecule has 142 valence electrons. The van der Waals surface area contributed by atoms with Crippen LogP contribution in [-0.4, -0.2) is 42.0 Å². The van der Waals surface area contributed by atoms with E-state index in [1.807, 2.05) is 0 Å². The lowest BCUT2D eigenvalue weighted by atomic mass is 10.2. The average Bonchev–Trinajstić information content (AvgIpc) is 3.08. The number of anilines is 1. The summed E-state index contributed by atoms with van der Waals surface area (Å²) in [6.07, 6.45) is 0. The SMILES string of the molecule is CCN(CC)CCN(C(=O)c1ccccc1Cl)c1nc2ccc(F)cc2s1. The molecular weight excluding hydrogens is 385 g/mol. The van der Waals surface area contributed by atoms with Gasteiger partial charge in [-0.1, -0.05) is 48.9 Å². The summed E-state index contributed by atoms with van der Waals surface area (Å²) >= 11 is 7.55. The fourth-order valence-corrected chi connectivity index (χ4v) is 4.08. The maximum atomic E-state index is 13.5. The minimum Gasteiger partial charge on any atom is -0.302 e. The van der Waals surface area contributed by atoms with E-state index in [-0.39, 0.29) is 11.7 Å². The highest BCUT2D eigenvalue weighted by Crippen LogP contribution is 2.31. The zero-order chi connectivity index (χ0) is 19.4. The number of benzene rings is 2. The molecule has 0 aliphatic rings. The van der Waals surface area contributed by atoms with E-state index in [4.69, 9.17) is 11.6 Å². The molecule has 0 spiro atoms. The van der Waals surface area contributed by atoms with Gasteiger partial charge in [0.2, 0.25) is 0 Å². The molecule has 0 aliphatic carbocycles. The Bertz CT molecular complexity index is 942. The van der Waals surface area contributed by atoms with Crippen LogP contribution in [0, 0.1) is 5.82 Å². The zero-order valence-electron chi connectivity index (χ0n) is 15.3. The van der Waals surface area contributed by atoms with Crippen LogP contribution in [0.3, 0.4) is 0 Å². The molecule has 3 rings (SSSR count). The lowest BCUT2D eigenvalue weighted by molar-refractivity contribution is 0.0984. The van der Waals surface area contributed by atoms with Crippen LogP contribution in [0.4, 0.5) is 9.52 Å². The Hall–Kier alpha value is -2.02. The molecule has 0 bridgehead atoms. The van der Waals surface area contributed by atoms with Crippen LogP contribution >= 0.6 is 22.9 Å². The topological polar surface area (TPSA) is 36.4 Å². The second kappa shape index (κ2) is 8.78. The summed E-state index contributed by atoms with van der Waals surface area (Å²) < 4.78 is 14.3. The van der Waals surface area contributed by atoms with Gasteiger partial charge in [0, 0.05) is 13.1 Å². The number of carbonyl (C=O) groups excluding carboxylic acids is 1. The number of amides is 1. The first-order valence-electron chi connectivity index (χ1n) is 8.88. The van der Waals surface area contributed by atoms with Gasteiger partial charge >= 0.3 is 0 Å². The predicted molar refractivity (Wildman–Crippen MR) is 110 cm³/mol. The van der Waals surface area contributed by atoms with Gasteiger partial charge in [-0.3, -0.25) is 9.69 Å². The van der Waals surface area contributed by atoms with Gasteiger partial charge < -0.3 is 4.90 Å². The van der Waals surface area contributed by atoms with Gasteiger partial charge in [-0.15, -0.1) is 0 Å². The minimum absolute atomic E-state index is 0.202. The fourth-order valence-electron chi connectivity index (χ4n) is 2.85. The molecule has 1 heterocycles. The summed E-state index contributed by atoms with van der Waals surface area (Å²) in [6.45, 7) is 7.17. The minimum atomic E-state index is -0.315. The Balaban J connectivity index is 1.97. The van der Waals surface area contributed by atoms with Crippen molar-refractivity contribution in [3.8, 4) is 0 Å².